The number of hydrogen-bond acceptors (Lipinski definition) is 8. The van der Waals surface area contributed by atoms with Crippen LogP contribution in [0.15, 0.2) is 38.0 Å². The average Bonchev–Trinajstić information content (AvgIpc) is 3.07. The van der Waals surface area contributed by atoms with Gasteiger partial charge in [0.05, 0.1) is 11.9 Å². The number of thioether (sulfide) groups is 1. The SMILES string of the molecule is CC(C)CCNC(=O)CSc1ncc(S(=O)(=O)c2cccs2)c(N)n1. The van der Waals surface area contributed by atoms with Crippen molar-refractivity contribution in [1.82, 2.24) is 15.3 Å². The molecular formula is C15H20N4O3S3. The predicted molar refractivity (Wildman–Crippen MR) is 99.4 cm³/mol. The van der Waals surface area contributed by atoms with Gasteiger partial charge < -0.3 is 11.1 Å². The van der Waals surface area contributed by atoms with Gasteiger partial charge in [0.1, 0.15) is 14.9 Å². The number of anilines is 1. The van der Waals surface area contributed by atoms with Crippen LogP contribution in [0.25, 0.3) is 0 Å². The van der Waals surface area contributed by atoms with Gasteiger partial charge in [0.15, 0.2) is 5.16 Å². The molecule has 3 N–H and O–H groups in total. The molecule has 0 fully saturated rings. The Morgan fingerprint density at radius 1 is 1.44 bits per heavy atom. The molecule has 0 unspecified atom stereocenters. The lowest BCUT2D eigenvalue weighted by Gasteiger charge is -2.08. The van der Waals surface area contributed by atoms with Crippen molar-refractivity contribution < 1.29 is 13.2 Å². The van der Waals surface area contributed by atoms with E-state index >= 15 is 0 Å². The molecule has 0 saturated heterocycles. The van der Waals surface area contributed by atoms with E-state index in [2.05, 4.69) is 29.1 Å². The molecule has 2 heterocycles. The normalized spacial score (nSPS) is 11.6. The fourth-order valence-electron chi connectivity index (χ4n) is 1.85. The molecule has 0 aliphatic heterocycles. The van der Waals surface area contributed by atoms with E-state index in [0.29, 0.717) is 12.5 Å². The molecule has 2 aromatic heterocycles. The quantitative estimate of drug-likeness (QED) is 0.515. The van der Waals surface area contributed by atoms with Crippen molar-refractivity contribution in [3.63, 3.8) is 0 Å². The monoisotopic (exact) mass is 400 g/mol. The Balaban J connectivity index is 1.99. The summed E-state index contributed by atoms with van der Waals surface area (Å²) >= 11 is 2.22. The fourth-order valence-corrected chi connectivity index (χ4v) is 4.88. The minimum absolute atomic E-state index is 0.119. The lowest BCUT2D eigenvalue weighted by Crippen LogP contribution is -2.27. The van der Waals surface area contributed by atoms with Crippen LogP contribution in [0.1, 0.15) is 20.3 Å². The smallest absolute Gasteiger partial charge is 0.230 e. The summed E-state index contributed by atoms with van der Waals surface area (Å²) in [7, 11) is -3.71. The van der Waals surface area contributed by atoms with Gasteiger partial charge >= 0.3 is 0 Å². The Kier molecular flexibility index (Phi) is 6.79. The fraction of sp³-hybridized carbons (Fsp3) is 0.400. The van der Waals surface area contributed by atoms with Crippen molar-refractivity contribution in [2.45, 2.75) is 34.5 Å². The van der Waals surface area contributed by atoms with E-state index in [0.717, 1.165) is 29.5 Å². The highest BCUT2D eigenvalue weighted by Gasteiger charge is 2.23. The van der Waals surface area contributed by atoms with E-state index in [4.69, 9.17) is 5.73 Å². The first-order chi connectivity index (χ1) is 11.8. The molecule has 0 aromatic carbocycles. The lowest BCUT2D eigenvalue weighted by molar-refractivity contribution is -0.118. The van der Waals surface area contributed by atoms with Crippen LogP contribution in [0.5, 0.6) is 0 Å². The minimum Gasteiger partial charge on any atom is -0.382 e. The Labute approximate surface area is 155 Å². The first kappa shape index (κ1) is 19.7. The number of nitrogens with zero attached hydrogens (tertiary/aromatic N) is 2. The van der Waals surface area contributed by atoms with Crippen molar-refractivity contribution in [2.24, 2.45) is 5.92 Å². The number of nitrogens with two attached hydrogens (primary N) is 1. The summed E-state index contributed by atoms with van der Waals surface area (Å²) < 4.78 is 25.1. The molecule has 0 aliphatic rings. The van der Waals surface area contributed by atoms with Gasteiger partial charge in [-0.05, 0) is 23.8 Å². The summed E-state index contributed by atoms with van der Waals surface area (Å²) in [5.41, 5.74) is 5.79. The maximum Gasteiger partial charge on any atom is 0.230 e. The van der Waals surface area contributed by atoms with Crippen LogP contribution in [0.2, 0.25) is 0 Å². The number of amides is 1. The second-order valence-corrected chi connectivity index (χ2v) is 9.69. The first-order valence-electron chi connectivity index (χ1n) is 7.61. The van der Waals surface area contributed by atoms with Gasteiger partial charge in [0.25, 0.3) is 0 Å². The molecule has 136 valence electrons. The number of carbonyl (C=O) groups is 1. The van der Waals surface area contributed by atoms with Gasteiger partial charge in [-0.15, -0.1) is 11.3 Å². The van der Waals surface area contributed by atoms with E-state index in [1.54, 1.807) is 11.4 Å². The van der Waals surface area contributed by atoms with Crippen LogP contribution in [-0.2, 0) is 14.6 Å². The molecule has 7 nitrogen and oxygen atoms in total. The molecule has 0 saturated carbocycles. The lowest BCUT2D eigenvalue weighted by atomic mass is 10.1. The molecule has 0 aliphatic carbocycles. The predicted octanol–water partition coefficient (Wildman–Crippen LogP) is 2.21. The van der Waals surface area contributed by atoms with Crippen molar-refractivity contribution in [3.05, 3.63) is 23.7 Å². The van der Waals surface area contributed by atoms with Gasteiger partial charge in [-0.2, -0.15) is 0 Å². The van der Waals surface area contributed by atoms with Crippen LogP contribution < -0.4 is 11.1 Å². The van der Waals surface area contributed by atoms with Gasteiger partial charge in [-0.25, -0.2) is 18.4 Å². The molecule has 0 spiro atoms. The van der Waals surface area contributed by atoms with E-state index in [-0.39, 0.29) is 31.7 Å². The molecule has 2 aromatic rings. The van der Waals surface area contributed by atoms with Crippen LogP contribution in [0.3, 0.4) is 0 Å². The molecule has 25 heavy (non-hydrogen) atoms. The highest BCUT2D eigenvalue weighted by molar-refractivity contribution is 7.99. The Morgan fingerprint density at radius 3 is 2.80 bits per heavy atom. The van der Waals surface area contributed by atoms with E-state index in [1.807, 2.05) is 0 Å². The van der Waals surface area contributed by atoms with E-state index in [9.17, 15) is 13.2 Å². The number of rotatable bonds is 8. The second-order valence-electron chi connectivity index (χ2n) is 5.66. The number of carbonyl (C=O) groups excluding carboxylic acids is 1. The number of nitrogen functional groups attached to an aromatic ring is 1. The number of hydrogen-bond donors (Lipinski definition) is 2. The maximum absolute atomic E-state index is 12.4. The number of thiophene rings is 1. The van der Waals surface area contributed by atoms with Crippen molar-refractivity contribution in [1.29, 1.82) is 0 Å². The third kappa shape index (κ3) is 5.41. The van der Waals surface area contributed by atoms with Crippen LogP contribution in [0.4, 0.5) is 5.82 Å². The number of nitrogens with one attached hydrogen (secondary N) is 1. The summed E-state index contributed by atoms with van der Waals surface area (Å²) in [4.78, 5) is 19.6. The zero-order valence-electron chi connectivity index (χ0n) is 13.9. The molecule has 1 amide bonds. The van der Waals surface area contributed by atoms with Crippen LogP contribution in [-0.4, -0.2) is 36.6 Å². The topological polar surface area (TPSA) is 115 Å². The van der Waals surface area contributed by atoms with Crippen molar-refractivity contribution >= 4 is 44.7 Å². The van der Waals surface area contributed by atoms with Gasteiger partial charge in [0.2, 0.25) is 15.7 Å². The van der Waals surface area contributed by atoms with E-state index in [1.165, 1.54) is 12.3 Å². The Bertz CT molecular complexity index is 821. The highest BCUT2D eigenvalue weighted by Crippen LogP contribution is 2.28. The summed E-state index contributed by atoms with van der Waals surface area (Å²) in [6.45, 7) is 4.80. The van der Waals surface area contributed by atoms with Crippen molar-refractivity contribution in [2.75, 3.05) is 18.0 Å². The summed E-state index contributed by atoms with van der Waals surface area (Å²) in [5.74, 6) is 0.428. The first-order valence-corrected chi connectivity index (χ1v) is 11.0. The van der Waals surface area contributed by atoms with Crippen LogP contribution in [0, 0.1) is 5.92 Å². The van der Waals surface area contributed by atoms with Gasteiger partial charge in [0, 0.05) is 6.54 Å². The zero-order valence-corrected chi connectivity index (χ0v) is 16.4. The summed E-state index contributed by atoms with van der Waals surface area (Å²) in [6, 6.07) is 3.15. The van der Waals surface area contributed by atoms with Gasteiger partial charge in [-0.3, -0.25) is 4.79 Å². The third-order valence-electron chi connectivity index (χ3n) is 3.19. The third-order valence-corrected chi connectivity index (χ3v) is 7.22. The zero-order chi connectivity index (χ0) is 18.4. The summed E-state index contributed by atoms with van der Waals surface area (Å²) in [5, 5.41) is 4.75. The van der Waals surface area contributed by atoms with Crippen LogP contribution >= 0.6 is 23.1 Å². The largest absolute Gasteiger partial charge is 0.382 e. The molecule has 0 bridgehead atoms. The van der Waals surface area contributed by atoms with E-state index < -0.39 is 9.84 Å². The number of sulfone groups is 1. The maximum atomic E-state index is 12.4. The molecular weight excluding hydrogens is 380 g/mol. The van der Waals surface area contributed by atoms with Crippen molar-refractivity contribution in [3.8, 4) is 0 Å². The second kappa shape index (κ2) is 8.63. The minimum atomic E-state index is -3.71. The average molecular weight is 401 g/mol. The Morgan fingerprint density at radius 2 is 2.20 bits per heavy atom. The molecule has 0 radical (unpaired) electrons. The highest BCUT2D eigenvalue weighted by atomic mass is 32.2. The molecule has 0 atom stereocenters. The molecule has 2 rings (SSSR count). The Hall–Kier alpha value is -1.65. The number of aromatic nitrogens is 2. The molecule has 10 heteroatoms. The standard InChI is InChI=1S/C15H20N4O3S3/c1-10(2)5-6-17-12(20)9-24-15-18-8-11(14(16)19-15)25(21,22)13-4-3-7-23-13/h3-4,7-8,10H,5-6,9H2,1-2H3,(H,17,20)(H2,16,18,19). The van der Waals surface area contributed by atoms with Gasteiger partial charge in [-0.1, -0.05) is 31.7 Å². The summed E-state index contributed by atoms with van der Waals surface area (Å²) in [6.07, 6.45) is 2.10.